The fourth-order valence-corrected chi connectivity index (χ4v) is 2.11. The molecule has 0 saturated carbocycles. The molecule has 0 saturated heterocycles. The van der Waals surface area contributed by atoms with E-state index in [-0.39, 0.29) is 5.56 Å². The van der Waals surface area contributed by atoms with Gasteiger partial charge >= 0.3 is 0 Å². The number of pyridine rings is 1. The molecule has 0 aliphatic carbocycles. The van der Waals surface area contributed by atoms with Crippen molar-refractivity contribution in [1.82, 2.24) is 19.3 Å². The van der Waals surface area contributed by atoms with Crippen LogP contribution in [0.15, 0.2) is 29.5 Å². The molecule has 0 bridgehead atoms. The molecule has 2 heterocycles. The van der Waals surface area contributed by atoms with Gasteiger partial charge in [0.15, 0.2) is 0 Å². The highest BCUT2D eigenvalue weighted by Gasteiger charge is 2.06. The first-order valence-corrected chi connectivity index (χ1v) is 6.52. The van der Waals surface area contributed by atoms with Gasteiger partial charge in [-0.25, -0.2) is 9.67 Å². The zero-order chi connectivity index (χ0) is 12.3. The lowest BCUT2D eigenvalue weighted by atomic mass is 10.4. The standard InChI is InChI=1S/C11H13IN4O/c1-2-5-16-10(13-8-14-16)7-15-6-3-4-9(12)11(15)17/h3-4,6,8H,2,5,7H2,1H3. The molecule has 0 fully saturated rings. The highest BCUT2D eigenvalue weighted by Crippen LogP contribution is 2.01. The Labute approximate surface area is 113 Å². The highest BCUT2D eigenvalue weighted by atomic mass is 127. The Balaban J connectivity index is 2.28. The van der Waals surface area contributed by atoms with Gasteiger partial charge in [0, 0.05) is 12.7 Å². The number of aryl methyl sites for hydroxylation is 1. The van der Waals surface area contributed by atoms with E-state index in [0.29, 0.717) is 10.1 Å². The van der Waals surface area contributed by atoms with E-state index in [1.165, 1.54) is 6.33 Å². The van der Waals surface area contributed by atoms with E-state index in [4.69, 9.17) is 0 Å². The molecule has 90 valence electrons. The summed E-state index contributed by atoms with van der Waals surface area (Å²) >= 11 is 2.04. The van der Waals surface area contributed by atoms with Gasteiger partial charge in [-0.05, 0) is 41.1 Å². The van der Waals surface area contributed by atoms with Gasteiger partial charge in [0.25, 0.3) is 5.56 Å². The van der Waals surface area contributed by atoms with Crippen molar-refractivity contribution in [3.63, 3.8) is 0 Å². The molecule has 0 spiro atoms. The van der Waals surface area contributed by atoms with Crippen LogP contribution in [0.3, 0.4) is 0 Å². The maximum Gasteiger partial charge on any atom is 0.264 e. The van der Waals surface area contributed by atoms with Crippen molar-refractivity contribution in [3.05, 3.63) is 44.4 Å². The molecular weight excluding hydrogens is 331 g/mol. The van der Waals surface area contributed by atoms with Gasteiger partial charge in [0.05, 0.1) is 10.1 Å². The van der Waals surface area contributed by atoms with Crippen molar-refractivity contribution in [2.45, 2.75) is 26.4 Å². The van der Waals surface area contributed by atoms with Crippen LogP contribution in [0.5, 0.6) is 0 Å². The zero-order valence-electron chi connectivity index (χ0n) is 9.51. The van der Waals surface area contributed by atoms with E-state index in [1.807, 2.05) is 33.3 Å². The van der Waals surface area contributed by atoms with Crippen LogP contribution in [-0.2, 0) is 13.1 Å². The first-order valence-electron chi connectivity index (χ1n) is 5.44. The third-order valence-corrected chi connectivity index (χ3v) is 3.24. The number of hydrogen-bond acceptors (Lipinski definition) is 3. The molecule has 2 aromatic heterocycles. The van der Waals surface area contributed by atoms with Crippen LogP contribution in [0, 0.1) is 3.57 Å². The molecule has 0 aliphatic rings. The quantitative estimate of drug-likeness (QED) is 0.790. The van der Waals surface area contributed by atoms with Crippen molar-refractivity contribution in [2.75, 3.05) is 0 Å². The van der Waals surface area contributed by atoms with Crippen LogP contribution in [0.1, 0.15) is 19.2 Å². The van der Waals surface area contributed by atoms with Gasteiger partial charge in [-0.1, -0.05) is 6.92 Å². The van der Waals surface area contributed by atoms with Crippen LogP contribution in [-0.4, -0.2) is 19.3 Å². The first kappa shape index (κ1) is 12.3. The van der Waals surface area contributed by atoms with E-state index in [1.54, 1.807) is 16.8 Å². The minimum absolute atomic E-state index is 0.0131. The Bertz CT molecular complexity index is 561. The molecule has 0 amide bonds. The molecule has 0 atom stereocenters. The number of halogens is 1. The van der Waals surface area contributed by atoms with Gasteiger partial charge in [0.1, 0.15) is 12.2 Å². The monoisotopic (exact) mass is 344 g/mol. The van der Waals surface area contributed by atoms with Crippen LogP contribution < -0.4 is 5.56 Å². The van der Waals surface area contributed by atoms with E-state index in [2.05, 4.69) is 17.0 Å². The molecule has 0 aliphatic heterocycles. The average molecular weight is 344 g/mol. The summed E-state index contributed by atoms with van der Waals surface area (Å²) in [5, 5.41) is 4.14. The summed E-state index contributed by atoms with van der Waals surface area (Å²) < 4.78 is 4.20. The van der Waals surface area contributed by atoms with Crippen LogP contribution in [0.2, 0.25) is 0 Å². The second-order valence-corrected chi connectivity index (χ2v) is 4.85. The molecule has 2 rings (SSSR count). The lowest BCUT2D eigenvalue weighted by molar-refractivity contribution is 0.550. The van der Waals surface area contributed by atoms with Gasteiger partial charge in [0.2, 0.25) is 0 Å². The largest absolute Gasteiger partial charge is 0.307 e. The normalized spacial score (nSPS) is 10.7. The number of hydrogen-bond donors (Lipinski definition) is 0. The fourth-order valence-electron chi connectivity index (χ4n) is 1.59. The second-order valence-electron chi connectivity index (χ2n) is 3.69. The lowest BCUT2D eigenvalue weighted by Crippen LogP contribution is -2.23. The van der Waals surface area contributed by atoms with Gasteiger partial charge in [-0.15, -0.1) is 0 Å². The van der Waals surface area contributed by atoms with E-state index in [9.17, 15) is 4.79 Å². The topological polar surface area (TPSA) is 52.7 Å². The summed E-state index contributed by atoms with van der Waals surface area (Å²) in [6.07, 6.45) is 4.30. The van der Waals surface area contributed by atoms with Gasteiger partial charge in [-0.2, -0.15) is 5.10 Å². The minimum atomic E-state index is 0.0131. The summed E-state index contributed by atoms with van der Waals surface area (Å²) in [7, 11) is 0. The number of rotatable bonds is 4. The lowest BCUT2D eigenvalue weighted by Gasteiger charge is -2.07. The van der Waals surface area contributed by atoms with Crippen molar-refractivity contribution >= 4 is 22.6 Å². The van der Waals surface area contributed by atoms with Crippen LogP contribution in [0.4, 0.5) is 0 Å². The summed E-state index contributed by atoms with van der Waals surface area (Å²) in [4.78, 5) is 16.1. The molecule has 0 unspecified atom stereocenters. The predicted octanol–water partition coefficient (Wildman–Crippen LogP) is 1.50. The van der Waals surface area contributed by atoms with Crippen molar-refractivity contribution in [3.8, 4) is 0 Å². The maximum absolute atomic E-state index is 11.9. The number of aromatic nitrogens is 4. The smallest absolute Gasteiger partial charge is 0.264 e. The van der Waals surface area contributed by atoms with Crippen LogP contribution >= 0.6 is 22.6 Å². The average Bonchev–Trinajstić information content (AvgIpc) is 2.73. The molecule has 17 heavy (non-hydrogen) atoms. The molecule has 5 nitrogen and oxygen atoms in total. The zero-order valence-corrected chi connectivity index (χ0v) is 11.7. The third-order valence-electron chi connectivity index (χ3n) is 2.42. The predicted molar refractivity (Wildman–Crippen MR) is 72.8 cm³/mol. The Hall–Kier alpha value is -1.18. The van der Waals surface area contributed by atoms with Crippen molar-refractivity contribution in [1.29, 1.82) is 0 Å². The van der Waals surface area contributed by atoms with Crippen molar-refractivity contribution in [2.24, 2.45) is 0 Å². The summed E-state index contributed by atoms with van der Waals surface area (Å²) in [5.41, 5.74) is 0.0131. The molecule has 0 radical (unpaired) electrons. The van der Waals surface area contributed by atoms with E-state index >= 15 is 0 Å². The third kappa shape index (κ3) is 2.74. The Kier molecular flexibility index (Phi) is 3.93. The Morgan fingerprint density at radius 3 is 3.06 bits per heavy atom. The van der Waals surface area contributed by atoms with Crippen molar-refractivity contribution < 1.29 is 0 Å². The molecule has 0 aromatic carbocycles. The molecule has 0 N–H and O–H groups in total. The Morgan fingerprint density at radius 1 is 1.47 bits per heavy atom. The van der Waals surface area contributed by atoms with Gasteiger partial charge in [-0.3, -0.25) is 4.79 Å². The SMILES string of the molecule is CCCn1ncnc1Cn1cccc(I)c1=O. The summed E-state index contributed by atoms with van der Waals surface area (Å²) in [6.45, 7) is 3.38. The second kappa shape index (κ2) is 5.44. The summed E-state index contributed by atoms with van der Waals surface area (Å²) in [6, 6.07) is 3.67. The molecule has 6 heteroatoms. The van der Waals surface area contributed by atoms with Crippen LogP contribution in [0.25, 0.3) is 0 Å². The minimum Gasteiger partial charge on any atom is -0.307 e. The maximum atomic E-state index is 11.9. The molecular formula is C11H13IN4O. The molecule has 2 aromatic rings. The first-order chi connectivity index (χ1) is 8.22. The highest BCUT2D eigenvalue weighted by molar-refractivity contribution is 14.1. The summed E-state index contributed by atoms with van der Waals surface area (Å²) in [5.74, 6) is 0.816. The van der Waals surface area contributed by atoms with E-state index < -0.39 is 0 Å². The fraction of sp³-hybridized carbons (Fsp3) is 0.364. The van der Waals surface area contributed by atoms with E-state index in [0.717, 1.165) is 18.8 Å². The van der Waals surface area contributed by atoms with Gasteiger partial charge < -0.3 is 4.57 Å². The number of nitrogens with zero attached hydrogens (tertiary/aromatic N) is 4. The Morgan fingerprint density at radius 2 is 2.29 bits per heavy atom.